The number of nitrogens with zero attached hydrogens (tertiary/aromatic N) is 2. The molecule has 1 N–H and O–H groups in total. The summed E-state index contributed by atoms with van der Waals surface area (Å²) in [6.07, 6.45) is 2.77. The molecule has 0 amide bonds. The Morgan fingerprint density at radius 2 is 2.47 bits per heavy atom. The average Bonchev–Trinajstić information content (AvgIpc) is 2.67. The fourth-order valence-electron chi connectivity index (χ4n) is 1.01. The minimum atomic E-state index is 0.415. The highest BCUT2D eigenvalue weighted by Gasteiger charge is 2.04. The molecule has 0 aliphatic heterocycles. The second-order valence-electron chi connectivity index (χ2n) is 3.08. The van der Waals surface area contributed by atoms with E-state index in [1.165, 1.54) is 0 Å². The smallest absolute Gasteiger partial charge is 0.240 e. The van der Waals surface area contributed by atoms with Crippen molar-refractivity contribution in [1.82, 2.24) is 15.5 Å². The standard InChI is InChI=1S/C10H17N3O2/c1-3-5-11-7-10-12-9(13-15-10)8-14-6-4-2/h3,11H,1,4-8H2,2H3. The van der Waals surface area contributed by atoms with Gasteiger partial charge in [-0.1, -0.05) is 18.2 Å². The highest BCUT2D eigenvalue weighted by molar-refractivity contribution is 4.84. The maximum absolute atomic E-state index is 5.29. The van der Waals surface area contributed by atoms with Crippen LogP contribution in [0.4, 0.5) is 0 Å². The Balaban J connectivity index is 2.25. The summed E-state index contributed by atoms with van der Waals surface area (Å²) in [4.78, 5) is 4.15. The van der Waals surface area contributed by atoms with Gasteiger partial charge in [0.05, 0.1) is 6.54 Å². The third-order valence-electron chi connectivity index (χ3n) is 1.65. The molecular formula is C10H17N3O2. The van der Waals surface area contributed by atoms with Gasteiger partial charge < -0.3 is 14.6 Å². The Morgan fingerprint density at radius 1 is 1.60 bits per heavy atom. The quantitative estimate of drug-likeness (QED) is 0.518. The highest BCUT2D eigenvalue weighted by Crippen LogP contribution is 1.98. The van der Waals surface area contributed by atoms with Gasteiger partial charge in [0.1, 0.15) is 6.61 Å². The molecule has 15 heavy (non-hydrogen) atoms. The first-order valence-electron chi connectivity index (χ1n) is 5.07. The van der Waals surface area contributed by atoms with E-state index in [0.717, 1.165) is 19.6 Å². The lowest BCUT2D eigenvalue weighted by Crippen LogP contribution is -2.12. The third-order valence-corrected chi connectivity index (χ3v) is 1.65. The molecule has 0 atom stereocenters. The van der Waals surface area contributed by atoms with Gasteiger partial charge in [0.2, 0.25) is 5.89 Å². The van der Waals surface area contributed by atoms with E-state index in [1.54, 1.807) is 6.08 Å². The van der Waals surface area contributed by atoms with Crippen LogP contribution in [0.15, 0.2) is 17.2 Å². The maximum Gasteiger partial charge on any atom is 0.240 e. The summed E-state index contributed by atoms with van der Waals surface area (Å²) in [5.41, 5.74) is 0. The van der Waals surface area contributed by atoms with Crippen molar-refractivity contribution in [2.75, 3.05) is 13.2 Å². The number of ether oxygens (including phenoxy) is 1. The molecule has 0 fully saturated rings. The van der Waals surface area contributed by atoms with Crippen LogP contribution in [0.5, 0.6) is 0 Å². The fourth-order valence-corrected chi connectivity index (χ4v) is 1.01. The van der Waals surface area contributed by atoms with E-state index in [2.05, 4.69) is 29.0 Å². The van der Waals surface area contributed by atoms with E-state index >= 15 is 0 Å². The lowest BCUT2D eigenvalue weighted by atomic mass is 10.5. The van der Waals surface area contributed by atoms with Crippen LogP contribution < -0.4 is 5.32 Å². The monoisotopic (exact) mass is 211 g/mol. The van der Waals surface area contributed by atoms with Gasteiger partial charge in [-0.15, -0.1) is 6.58 Å². The molecule has 1 heterocycles. The lowest BCUT2D eigenvalue weighted by molar-refractivity contribution is 0.114. The topological polar surface area (TPSA) is 60.2 Å². The van der Waals surface area contributed by atoms with Crippen LogP contribution in [0.2, 0.25) is 0 Å². The zero-order valence-electron chi connectivity index (χ0n) is 9.03. The maximum atomic E-state index is 5.29. The zero-order valence-corrected chi connectivity index (χ0v) is 9.03. The van der Waals surface area contributed by atoms with Crippen molar-refractivity contribution in [2.24, 2.45) is 0 Å². The predicted molar refractivity (Wildman–Crippen MR) is 56.1 cm³/mol. The first kappa shape index (κ1) is 11.9. The van der Waals surface area contributed by atoms with E-state index in [0.29, 0.717) is 24.9 Å². The number of hydrogen-bond acceptors (Lipinski definition) is 5. The first-order chi connectivity index (χ1) is 7.36. The van der Waals surface area contributed by atoms with Crippen molar-refractivity contribution in [1.29, 1.82) is 0 Å². The summed E-state index contributed by atoms with van der Waals surface area (Å²) < 4.78 is 10.3. The van der Waals surface area contributed by atoms with Gasteiger partial charge in [-0.05, 0) is 6.42 Å². The molecule has 0 radical (unpaired) electrons. The Bertz CT molecular complexity index is 286. The van der Waals surface area contributed by atoms with Crippen molar-refractivity contribution in [3.8, 4) is 0 Å². The Hall–Kier alpha value is -1.20. The molecule has 5 nitrogen and oxygen atoms in total. The average molecular weight is 211 g/mol. The zero-order chi connectivity index (χ0) is 10.9. The van der Waals surface area contributed by atoms with E-state index in [-0.39, 0.29) is 0 Å². The van der Waals surface area contributed by atoms with Crippen molar-refractivity contribution in [3.63, 3.8) is 0 Å². The molecule has 1 aromatic heterocycles. The van der Waals surface area contributed by atoms with Gasteiger partial charge in [0, 0.05) is 13.2 Å². The molecule has 1 aromatic rings. The van der Waals surface area contributed by atoms with Crippen LogP contribution in [0.3, 0.4) is 0 Å². The van der Waals surface area contributed by atoms with Gasteiger partial charge in [0.25, 0.3) is 0 Å². The summed E-state index contributed by atoms with van der Waals surface area (Å²) in [7, 11) is 0. The minimum Gasteiger partial charge on any atom is -0.373 e. The Kier molecular flexibility index (Phi) is 5.65. The van der Waals surface area contributed by atoms with E-state index in [4.69, 9.17) is 9.26 Å². The molecule has 0 saturated carbocycles. The van der Waals surface area contributed by atoms with Crippen LogP contribution in [-0.4, -0.2) is 23.3 Å². The number of aromatic nitrogens is 2. The second kappa shape index (κ2) is 7.14. The van der Waals surface area contributed by atoms with Gasteiger partial charge in [-0.25, -0.2) is 0 Å². The summed E-state index contributed by atoms with van der Waals surface area (Å²) in [6, 6.07) is 0. The molecule has 5 heteroatoms. The summed E-state index contributed by atoms with van der Waals surface area (Å²) in [5.74, 6) is 1.17. The SMILES string of the molecule is C=CCNCc1nc(COCCC)no1. The third kappa shape index (κ3) is 4.71. The summed E-state index contributed by atoms with van der Waals surface area (Å²) >= 11 is 0. The van der Waals surface area contributed by atoms with Crippen molar-refractivity contribution < 1.29 is 9.26 Å². The molecule has 0 aromatic carbocycles. The molecule has 0 aliphatic rings. The van der Waals surface area contributed by atoms with Crippen LogP contribution in [0, 0.1) is 0 Å². The minimum absolute atomic E-state index is 0.415. The first-order valence-corrected chi connectivity index (χ1v) is 5.07. The van der Waals surface area contributed by atoms with Gasteiger partial charge >= 0.3 is 0 Å². The number of hydrogen-bond donors (Lipinski definition) is 1. The van der Waals surface area contributed by atoms with E-state index in [1.807, 2.05) is 0 Å². The molecule has 0 aliphatic carbocycles. The van der Waals surface area contributed by atoms with Crippen LogP contribution in [0.1, 0.15) is 25.1 Å². The van der Waals surface area contributed by atoms with Crippen LogP contribution in [-0.2, 0) is 17.9 Å². The Labute approximate surface area is 89.5 Å². The normalized spacial score (nSPS) is 10.5. The van der Waals surface area contributed by atoms with Gasteiger partial charge in [0.15, 0.2) is 5.82 Å². The van der Waals surface area contributed by atoms with E-state index in [9.17, 15) is 0 Å². The Morgan fingerprint density at radius 3 is 3.20 bits per heavy atom. The molecule has 0 saturated heterocycles. The van der Waals surface area contributed by atoms with Crippen LogP contribution >= 0.6 is 0 Å². The molecule has 0 bridgehead atoms. The predicted octanol–water partition coefficient (Wildman–Crippen LogP) is 1.27. The van der Waals surface area contributed by atoms with Crippen molar-refractivity contribution in [2.45, 2.75) is 26.5 Å². The van der Waals surface area contributed by atoms with E-state index < -0.39 is 0 Å². The summed E-state index contributed by atoms with van der Waals surface area (Å²) in [5, 5.41) is 6.87. The molecule has 84 valence electrons. The number of nitrogens with one attached hydrogen (secondary N) is 1. The van der Waals surface area contributed by atoms with Crippen molar-refractivity contribution >= 4 is 0 Å². The van der Waals surface area contributed by atoms with Crippen molar-refractivity contribution in [3.05, 3.63) is 24.4 Å². The molecular weight excluding hydrogens is 194 g/mol. The molecule has 0 unspecified atom stereocenters. The molecule has 1 rings (SSSR count). The number of rotatable bonds is 8. The van der Waals surface area contributed by atoms with Gasteiger partial charge in [-0.2, -0.15) is 4.98 Å². The largest absolute Gasteiger partial charge is 0.373 e. The fraction of sp³-hybridized carbons (Fsp3) is 0.600. The second-order valence-corrected chi connectivity index (χ2v) is 3.08. The summed E-state index contributed by atoms with van der Waals surface area (Å²) in [6.45, 7) is 8.08. The van der Waals surface area contributed by atoms with Gasteiger partial charge in [-0.3, -0.25) is 0 Å². The lowest BCUT2D eigenvalue weighted by Gasteiger charge is -1.95. The van der Waals surface area contributed by atoms with Crippen LogP contribution in [0.25, 0.3) is 0 Å². The highest BCUT2D eigenvalue weighted by atomic mass is 16.5. The molecule has 0 spiro atoms.